The first kappa shape index (κ1) is 17.1. The Labute approximate surface area is 144 Å². The summed E-state index contributed by atoms with van der Waals surface area (Å²) in [4.78, 5) is 28.5. The molecule has 8 nitrogen and oxygen atoms in total. The van der Waals surface area contributed by atoms with Crippen molar-refractivity contribution in [2.24, 2.45) is 5.41 Å². The number of amides is 1. The third-order valence-corrected chi connectivity index (χ3v) is 4.42. The van der Waals surface area contributed by atoms with Crippen LogP contribution in [0.2, 0.25) is 0 Å². The highest BCUT2D eigenvalue weighted by Crippen LogP contribution is 2.30. The Bertz CT molecular complexity index is 780. The van der Waals surface area contributed by atoms with Gasteiger partial charge >= 0.3 is 5.97 Å². The molecule has 1 saturated heterocycles. The molecule has 0 unspecified atom stereocenters. The first-order valence-electron chi connectivity index (χ1n) is 8.01. The van der Waals surface area contributed by atoms with Crippen molar-refractivity contribution in [1.82, 2.24) is 15.5 Å². The molecule has 0 saturated carbocycles. The standard InChI is InChI=1S/C17H19N3O5/c1-11-19-15(25-20-11)13-5-3-2-4-12(13)14(21)18-10-17(16(22)23)6-8-24-9-7-17/h2-5H,6-10H2,1H3,(H,18,21)(H,22,23). The van der Waals surface area contributed by atoms with Gasteiger partial charge in [0.15, 0.2) is 5.82 Å². The number of carbonyl (C=O) groups is 2. The fraction of sp³-hybridized carbons (Fsp3) is 0.412. The molecule has 0 bridgehead atoms. The number of carboxylic acid groups (broad SMARTS) is 1. The number of hydrogen-bond acceptors (Lipinski definition) is 6. The lowest BCUT2D eigenvalue weighted by molar-refractivity contribution is -0.154. The number of hydrogen-bond donors (Lipinski definition) is 2. The van der Waals surface area contributed by atoms with Crippen LogP contribution in [0.25, 0.3) is 11.5 Å². The second-order valence-electron chi connectivity index (χ2n) is 6.07. The summed E-state index contributed by atoms with van der Waals surface area (Å²) < 4.78 is 10.4. The van der Waals surface area contributed by atoms with Gasteiger partial charge in [0.1, 0.15) is 0 Å². The summed E-state index contributed by atoms with van der Waals surface area (Å²) in [5.74, 6) is -0.574. The Kier molecular flexibility index (Phi) is 4.80. The van der Waals surface area contributed by atoms with Crippen LogP contribution in [0.3, 0.4) is 0 Å². The smallest absolute Gasteiger partial charge is 0.311 e. The Balaban J connectivity index is 1.79. The molecule has 2 heterocycles. The summed E-state index contributed by atoms with van der Waals surface area (Å²) in [6.07, 6.45) is 0.736. The van der Waals surface area contributed by atoms with Crippen LogP contribution in [0, 0.1) is 12.3 Å². The van der Waals surface area contributed by atoms with Crippen molar-refractivity contribution in [2.45, 2.75) is 19.8 Å². The van der Waals surface area contributed by atoms with E-state index in [4.69, 9.17) is 9.26 Å². The van der Waals surface area contributed by atoms with Crippen LogP contribution in [0.15, 0.2) is 28.8 Å². The third-order valence-electron chi connectivity index (χ3n) is 4.42. The minimum Gasteiger partial charge on any atom is -0.481 e. The summed E-state index contributed by atoms with van der Waals surface area (Å²) in [5.41, 5.74) is -0.125. The Morgan fingerprint density at radius 1 is 1.28 bits per heavy atom. The van der Waals surface area contributed by atoms with E-state index in [2.05, 4.69) is 15.5 Å². The molecule has 1 aliphatic rings. The van der Waals surface area contributed by atoms with E-state index >= 15 is 0 Å². The SMILES string of the molecule is Cc1noc(-c2ccccc2C(=O)NCC2(C(=O)O)CCOCC2)n1. The number of aliphatic carboxylic acids is 1. The highest BCUT2D eigenvalue weighted by atomic mass is 16.5. The van der Waals surface area contributed by atoms with Gasteiger partial charge in [-0.05, 0) is 31.9 Å². The molecular formula is C17H19N3O5. The minimum absolute atomic E-state index is 0.0434. The molecule has 1 aliphatic heterocycles. The molecule has 3 rings (SSSR count). The molecule has 1 aromatic carbocycles. The average Bonchev–Trinajstić information content (AvgIpc) is 3.06. The zero-order valence-electron chi connectivity index (χ0n) is 13.8. The molecule has 25 heavy (non-hydrogen) atoms. The molecule has 0 atom stereocenters. The molecule has 1 amide bonds. The quantitative estimate of drug-likeness (QED) is 0.847. The normalized spacial score (nSPS) is 16.4. The predicted molar refractivity (Wildman–Crippen MR) is 86.9 cm³/mol. The number of aryl methyl sites for hydroxylation is 1. The van der Waals surface area contributed by atoms with Crippen LogP contribution in [-0.2, 0) is 9.53 Å². The predicted octanol–water partition coefficient (Wildman–Crippen LogP) is 1.66. The zero-order valence-corrected chi connectivity index (χ0v) is 13.8. The van der Waals surface area contributed by atoms with Gasteiger partial charge in [-0.3, -0.25) is 9.59 Å². The van der Waals surface area contributed by atoms with Gasteiger partial charge in [-0.15, -0.1) is 0 Å². The Morgan fingerprint density at radius 2 is 2.00 bits per heavy atom. The van der Waals surface area contributed by atoms with E-state index in [0.29, 0.717) is 43.0 Å². The van der Waals surface area contributed by atoms with Gasteiger partial charge in [0.2, 0.25) is 0 Å². The first-order valence-corrected chi connectivity index (χ1v) is 8.01. The van der Waals surface area contributed by atoms with Crippen LogP contribution < -0.4 is 5.32 Å². The maximum absolute atomic E-state index is 12.6. The molecule has 0 aliphatic carbocycles. The highest BCUT2D eigenvalue weighted by molar-refractivity contribution is 6.00. The first-order chi connectivity index (χ1) is 12.0. The Morgan fingerprint density at radius 3 is 2.64 bits per heavy atom. The lowest BCUT2D eigenvalue weighted by Gasteiger charge is -2.33. The van der Waals surface area contributed by atoms with E-state index in [1.807, 2.05) is 0 Å². The molecular weight excluding hydrogens is 326 g/mol. The van der Waals surface area contributed by atoms with Gasteiger partial charge in [-0.1, -0.05) is 17.3 Å². The molecule has 0 radical (unpaired) electrons. The lowest BCUT2D eigenvalue weighted by atomic mass is 9.80. The summed E-state index contributed by atoms with van der Waals surface area (Å²) in [5, 5.41) is 16.0. The van der Waals surface area contributed by atoms with E-state index in [-0.39, 0.29) is 18.3 Å². The average molecular weight is 345 g/mol. The van der Waals surface area contributed by atoms with E-state index in [1.54, 1.807) is 31.2 Å². The van der Waals surface area contributed by atoms with Gasteiger partial charge < -0.3 is 19.7 Å². The summed E-state index contributed by atoms with van der Waals surface area (Å²) >= 11 is 0. The minimum atomic E-state index is -0.996. The second-order valence-corrected chi connectivity index (χ2v) is 6.07. The fourth-order valence-electron chi connectivity index (χ4n) is 2.85. The van der Waals surface area contributed by atoms with Gasteiger partial charge in [0.25, 0.3) is 11.8 Å². The maximum Gasteiger partial charge on any atom is 0.311 e. The van der Waals surface area contributed by atoms with E-state index in [0.717, 1.165) is 0 Å². The summed E-state index contributed by atoms with van der Waals surface area (Å²) in [7, 11) is 0. The summed E-state index contributed by atoms with van der Waals surface area (Å²) in [6, 6.07) is 6.84. The lowest BCUT2D eigenvalue weighted by Crippen LogP contribution is -2.46. The fourth-order valence-corrected chi connectivity index (χ4v) is 2.85. The number of aromatic nitrogens is 2. The summed E-state index contributed by atoms with van der Waals surface area (Å²) in [6.45, 7) is 2.49. The molecule has 0 spiro atoms. The van der Waals surface area contributed by atoms with Gasteiger partial charge in [-0.25, -0.2) is 0 Å². The highest BCUT2D eigenvalue weighted by Gasteiger charge is 2.40. The molecule has 1 fully saturated rings. The van der Waals surface area contributed by atoms with Gasteiger partial charge in [0.05, 0.1) is 16.5 Å². The number of rotatable bonds is 5. The molecule has 132 valence electrons. The van der Waals surface area contributed by atoms with Crippen LogP contribution in [-0.4, -0.2) is 46.9 Å². The zero-order chi connectivity index (χ0) is 17.9. The maximum atomic E-state index is 12.6. The number of benzene rings is 1. The van der Waals surface area contributed by atoms with Crippen LogP contribution >= 0.6 is 0 Å². The van der Waals surface area contributed by atoms with E-state index in [1.165, 1.54) is 0 Å². The van der Waals surface area contributed by atoms with Crippen molar-refractivity contribution in [3.05, 3.63) is 35.7 Å². The molecule has 8 heteroatoms. The van der Waals surface area contributed by atoms with Crippen LogP contribution in [0.5, 0.6) is 0 Å². The number of ether oxygens (including phenoxy) is 1. The van der Waals surface area contributed by atoms with Gasteiger partial charge in [0, 0.05) is 19.8 Å². The molecule has 2 N–H and O–H groups in total. The number of nitrogens with one attached hydrogen (secondary N) is 1. The van der Waals surface area contributed by atoms with Gasteiger partial charge in [-0.2, -0.15) is 4.98 Å². The third kappa shape index (κ3) is 3.53. The van der Waals surface area contributed by atoms with Crippen molar-refractivity contribution in [3.63, 3.8) is 0 Å². The van der Waals surface area contributed by atoms with Crippen molar-refractivity contribution in [1.29, 1.82) is 0 Å². The van der Waals surface area contributed by atoms with Crippen molar-refractivity contribution in [2.75, 3.05) is 19.8 Å². The molecule has 1 aromatic heterocycles. The molecule has 2 aromatic rings. The van der Waals surface area contributed by atoms with Crippen molar-refractivity contribution < 1.29 is 24.0 Å². The van der Waals surface area contributed by atoms with Crippen LogP contribution in [0.4, 0.5) is 0 Å². The van der Waals surface area contributed by atoms with Crippen molar-refractivity contribution >= 4 is 11.9 Å². The van der Waals surface area contributed by atoms with E-state index in [9.17, 15) is 14.7 Å². The van der Waals surface area contributed by atoms with Crippen molar-refractivity contribution in [3.8, 4) is 11.5 Å². The number of nitrogens with zero attached hydrogens (tertiary/aromatic N) is 2. The number of carboxylic acids is 1. The monoisotopic (exact) mass is 345 g/mol. The number of carbonyl (C=O) groups excluding carboxylic acids is 1. The largest absolute Gasteiger partial charge is 0.481 e. The topological polar surface area (TPSA) is 115 Å². The van der Waals surface area contributed by atoms with E-state index < -0.39 is 11.4 Å². The second kappa shape index (κ2) is 7.02. The van der Waals surface area contributed by atoms with Crippen LogP contribution in [0.1, 0.15) is 29.0 Å². The Hall–Kier alpha value is -2.74.